The van der Waals surface area contributed by atoms with Gasteiger partial charge in [0.25, 0.3) is 0 Å². The van der Waals surface area contributed by atoms with Crippen molar-refractivity contribution in [2.75, 3.05) is 18.5 Å². The molecule has 0 saturated carbocycles. The Hall–Kier alpha value is -1.55. The summed E-state index contributed by atoms with van der Waals surface area (Å²) >= 11 is 0. The number of para-hydroxylation sites is 1. The molecule has 1 aromatic rings. The van der Waals surface area contributed by atoms with Crippen LogP contribution in [0.4, 0.5) is 5.69 Å². The lowest BCUT2D eigenvalue weighted by molar-refractivity contribution is 0.0697. The van der Waals surface area contributed by atoms with Gasteiger partial charge in [0.05, 0.1) is 18.2 Å². The number of anilines is 1. The van der Waals surface area contributed by atoms with Crippen LogP contribution < -0.4 is 5.32 Å². The Balaban J connectivity index is 2.83. The average Bonchev–Trinajstić information content (AvgIpc) is 2.34. The number of benzene rings is 1. The smallest absolute Gasteiger partial charge is 0.337 e. The maximum atomic E-state index is 11.1. The second-order valence-electron chi connectivity index (χ2n) is 4.51. The van der Waals surface area contributed by atoms with Gasteiger partial charge in [0, 0.05) is 12.3 Å². The van der Waals surface area contributed by atoms with Gasteiger partial charge in [0.2, 0.25) is 0 Å². The average molecular weight is 251 g/mol. The molecular formula is C14H21NO3. The summed E-state index contributed by atoms with van der Waals surface area (Å²) in [5.74, 6) is -0.560. The van der Waals surface area contributed by atoms with Crippen LogP contribution in [-0.4, -0.2) is 30.3 Å². The zero-order chi connectivity index (χ0) is 13.5. The van der Waals surface area contributed by atoms with E-state index in [1.165, 1.54) is 0 Å². The van der Waals surface area contributed by atoms with Crippen molar-refractivity contribution in [2.24, 2.45) is 5.92 Å². The van der Waals surface area contributed by atoms with E-state index in [-0.39, 0.29) is 6.04 Å². The van der Waals surface area contributed by atoms with Crippen LogP contribution in [0.1, 0.15) is 31.1 Å². The molecule has 0 spiro atoms. The van der Waals surface area contributed by atoms with Crippen molar-refractivity contribution in [3.63, 3.8) is 0 Å². The van der Waals surface area contributed by atoms with E-state index in [9.17, 15) is 4.79 Å². The molecule has 0 aromatic heterocycles. The van der Waals surface area contributed by atoms with Crippen molar-refractivity contribution in [1.82, 2.24) is 0 Å². The number of hydrogen-bond donors (Lipinski definition) is 2. The number of aromatic carboxylic acids is 1. The maximum Gasteiger partial charge on any atom is 0.337 e. The number of carboxylic acids is 1. The summed E-state index contributed by atoms with van der Waals surface area (Å²) in [5, 5.41) is 12.4. The maximum absolute atomic E-state index is 11.1. The molecule has 100 valence electrons. The molecule has 2 N–H and O–H groups in total. The summed E-state index contributed by atoms with van der Waals surface area (Å²) in [5.41, 5.74) is 0.933. The molecule has 0 saturated heterocycles. The number of rotatable bonds is 7. The molecule has 0 bridgehead atoms. The van der Waals surface area contributed by atoms with Gasteiger partial charge >= 0.3 is 5.97 Å². The first-order chi connectivity index (χ1) is 8.56. The van der Waals surface area contributed by atoms with E-state index in [2.05, 4.69) is 19.2 Å². The third kappa shape index (κ3) is 4.04. The Bertz CT molecular complexity index is 390. The van der Waals surface area contributed by atoms with Crippen LogP contribution in [0.25, 0.3) is 0 Å². The molecule has 1 atom stereocenters. The molecule has 4 nitrogen and oxygen atoms in total. The van der Waals surface area contributed by atoms with Gasteiger partial charge in [-0.25, -0.2) is 4.79 Å². The van der Waals surface area contributed by atoms with Gasteiger partial charge in [-0.15, -0.1) is 0 Å². The molecule has 0 fully saturated rings. The number of nitrogens with one attached hydrogen (secondary N) is 1. The minimum Gasteiger partial charge on any atom is -0.478 e. The predicted octanol–water partition coefficient (Wildman–Crippen LogP) is 2.86. The van der Waals surface area contributed by atoms with Crippen molar-refractivity contribution in [3.05, 3.63) is 29.8 Å². The third-order valence-electron chi connectivity index (χ3n) is 2.80. The van der Waals surface area contributed by atoms with Gasteiger partial charge in [-0.05, 0) is 25.0 Å². The lowest BCUT2D eigenvalue weighted by Crippen LogP contribution is -2.31. The highest BCUT2D eigenvalue weighted by Crippen LogP contribution is 2.18. The normalized spacial score (nSPS) is 12.4. The summed E-state index contributed by atoms with van der Waals surface area (Å²) in [7, 11) is 0. The molecule has 0 aliphatic carbocycles. The molecule has 1 rings (SSSR count). The fourth-order valence-corrected chi connectivity index (χ4v) is 1.64. The van der Waals surface area contributed by atoms with E-state index in [0.29, 0.717) is 30.4 Å². The first kappa shape index (κ1) is 14.5. The van der Waals surface area contributed by atoms with Crippen LogP contribution in [0.3, 0.4) is 0 Å². The fourth-order valence-electron chi connectivity index (χ4n) is 1.64. The summed E-state index contributed by atoms with van der Waals surface area (Å²) in [6.07, 6.45) is 0. The highest BCUT2D eigenvalue weighted by Gasteiger charge is 2.16. The third-order valence-corrected chi connectivity index (χ3v) is 2.80. The van der Waals surface area contributed by atoms with E-state index < -0.39 is 5.97 Å². The van der Waals surface area contributed by atoms with Crippen molar-refractivity contribution in [3.8, 4) is 0 Å². The Kier molecular flexibility index (Phi) is 5.65. The summed E-state index contributed by atoms with van der Waals surface area (Å²) < 4.78 is 5.42. The summed E-state index contributed by atoms with van der Waals surface area (Å²) in [6.45, 7) is 7.34. The van der Waals surface area contributed by atoms with Crippen molar-refractivity contribution >= 4 is 11.7 Å². The summed E-state index contributed by atoms with van der Waals surface area (Å²) in [6, 6.07) is 7.03. The Labute approximate surface area is 108 Å². The van der Waals surface area contributed by atoms with E-state index >= 15 is 0 Å². The minimum atomic E-state index is -0.919. The minimum absolute atomic E-state index is 0.102. The lowest BCUT2D eigenvalue weighted by atomic mass is 10.0. The SMILES string of the molecule is CCOCC(Nc1ccccc1C(=O)O)C(C)C. The molecule has 0 aliphatic heterocycles. The van der Waals surface area contributed by atoms with Gasteiger partial charge in [-0.3, -0.25) is 0 Å². The number of hydrogen-bond acceptors (Lipinski definition) is 3. The van der Waals surface area contributed by atoms with Crippen molar-refractivity contribution < 1.29 is 14.6 Å². The van der Waals surface area contributed by atoms with Gasteiger partial charge in [0.15, 0.2) is 0 Å². The molecule has 4 heteroatoms. The van der Waals surface area contributed by atoms with E-state index in [4.69, 9.17) is 9.84 Å². The van der Waals surface area contributed by atoms with E-state index in [1.807, 2.05) is 13.0 Å². The van der Waals surface area contributed by atoms with Crippen LogP contribution in [0.5, 0.6) is 0 Å². The highest BCUT2D eigenvalue weighted by atomic mass is 16.5. The van der Waals surface area contributed by atoms with Gasteiger partial charge in [0.1, 0.15) is 0 Å². The molecule has 1 aromatic carbocycles. The number of ether oxygens (including phenoxy) is 1. The van der Waals surface area contributed by atoms with Gasteiger partial charge in [-0.2, -0.15) is 0 Å². The molecule has 0 heterocycles. The molecule has 0 amide bonds. The lowest BCUT2D eigenvalue weighted by Gasteiger charge is -2.24. The van der Waals surface area contributed by atoms with E-state index in [0.717, 1.165) is 0 Å². The van der Waals surface area contributed by atoms with Crippen molar-refractivity contribution in [2.45, 2.75) is 26.8 Å². The van der Waals surface area contributed by atoms with Gasteiger partial charge < -0.3 is 15.2 Å². The molecule has 0 aliphatic rings. The molecular weight excluding hydrogens is 230 g/mol. The molecule has 0 radical (unpaired) electrons. The van der Waals surface area contributed by atoms with Crippen LogP contribution in [0.15, 0.2) is 24.3 Å². The number of carbonyl (C=O) groups is 1. The van der Waals surface area contributed by atoms with E-state index in [1.54, 1.807) is 18.2 Å². The first-order valence-corrected chi connectivity index (χ1v) is 6.22. The Morgan fingerprint density at radius 1 is 1.39 bits per heavy atom. The second kappa shape index (κ2) is 7.01. The zero-order valence-corrected chi connectivity index (χ0v) is 11.1. The second-order valence-corrected chi connectivity index (χ2v) is 4.51. The Morgan fingerprint density at radius 2 is 2.06 bits per heavy atom. The number of carboxylic acid groups (broad SMARTS) is 1. The topological polar surface area (TPSA) is 58.6 Å². The largest absolute Gasteiger partial charge is 0.478 e. The monoisotopic (exact) mass is 251 g/mol. The zero-order valence-electron chi connectivity index (χ0n) is 11.1. The Morgan fingerprint density at radius 3 is 2.61 bits per heavy atom. The highest BCUT2D eigenvalue weighted by molar-refractivity contribution is 5.94. The molecule has 1 unspecified atom stereocenters. The van der Waals surface area contributed by atoms with Crippen molar-refractivity contribution in [1.29, 1.82) is 0 Å². The summed E-state index contributed by atoms with van der Waals surface area (Å²) in [4.78, 5) is 11.1. The van der Waals surface area contributed by atoms with Crippen LogP contribution in [0, 0.1) is 5.92 Å². The van der Waals surface area contributed by atoms with Gasteiger partial charge in [-0.1, -0.05) is 26.0 Å². The van der Waals surface area contributed by atoms with Crippen LogP contribution in [-0.2, 0) is 4.74 Å². The fraction of sp³-hybridized carbons (Fsp3) is 0.500. The molecule has 18 heavy (non-hydrogen) atoms. The predicted molar refractivity (Wildman–Crippen MR) is 72.1 cm³/mol. The standard InChI is InChI=1S/C14H21NO3/c1-4-18-9-13(10(2)3)15-12-8-6-5-7-11(12)14(16)17/h5-8,10,13,15H,4,9H2,1-3H3,(H,16,17). The quantitative estimate of drug-likeness (QED) is 0.782. The van der Waals surface area contributed by atoms with Crippen LogP contribution >= 0.6 is 0 Å². The van der Waals surface area contributed by atoms with Crippen LogP contribution in [0.2, 0.25) is 0 Å². The first-order valence-electron chi connectivity index (χ1n) is 6.22.